The molecule has 0 fully saturated rings. The summed E-state index contributed by atoms with van der Waals surface area (Å²) in [6.07, 6.45) is 0. The first kappa shape index (κ1) is 13.2. The van der Waals surface area contributed by atoms with Gasteiger partial charge in [-0.25, -0.2) is 8.19 Å². The Morgan fingerprint density at radius 3 is 1.75 bits per heavy atom. The molecule has 0 atom stereocenters. The summed E-state index contributed by atoms with van der Waals surface area (Å²) in [7, 11) is 11.3. The predicted octanol–water partition coefficient (Wildman–Crippen LogP) is 4.60. The third-order valence-corrected chi connectivity index (χ3v) is 3.32. The maximum absolute atomic E-state index is 4.93. The second-order valence-electron chi connectivity index (χ2n) is 2.60. The van der Waals surface area contributed by atoms with E-state index in [1.807, 2.05) is 0 Å². The van der Waals surface area contributed by atoms with E-state index in [-0.39, 0.29) is 0 Å². The van der Waals surface area contributed by atoms with Crippen LogP contribution in [0.3, 0.4) is 0 Å². The Labute approximate surface area is 94.8 Å². The van der Waals surface area contributed by atoms with Gasteiger partial charge in [0.1, 0.15) is 0 Å². The van der Waals surface area contributed by atoms with Gasteiger partial charge in [0.15, 0.2) is 0 Å². The maximum atomic E-state index is 4.93. The zero-order valence-electron chi connectivity index (χ0n) is 7.70. The molecule has 0 amide bonds. The molecule has 0 aromatic carbocycles. The van der Waals surface area contributed by atoms with Crippen LogP contribution in [0.15, 0.2) is 0 Å². The number of hydrogen-bond donors (Lipinski definition) is 0. The Morgan fingerprint density at radius 2 is 1.67 bits per heavy atom. The molecule has 1 aromatic heterocycles. The van der Waals surface area contributed by atoms with Crippen LogP contribution in [0.25, 0.3) is 0 Å². The average molecular weight is 301 g/mol. The molecule has 0 aliphatic rings. The first-order valence-electron chi connectivity index (χ1n) is 3.58. The van der Waals surface area contributed by atoms with Crippen molar-refractivity contribution in [2.24, 2.45) is 0 Å². The van der Waals surface area contributed by atoms with Crippen molar-refractivity contribution in [3.05, 3.63) is 21.7 Å². The van der Waals surface area contributed by atoms with Gasteiger partial charge in [0.25, 0.3) is 0 Å². The van der Waals surface area contributed by atoms with Gasteiger partial charge < -0.3 is 0 Å². The van der Waals surface area contributed by atoms with Crippen LogP contribution in [0.2, 0.25) is 0 Å². The minimum atomic E-state index is -0.826. The molecule has 0 N–H and O–H groups in total. The summed E-state index contributed by atoms with van der Waals surface area (Å²) in [5, 5.41) is 3.04. The second kappa shape index (κ2) is 6.66. The van der Waals surface area contributed by atoms with Gasteiger partial charge in [-0.3, -0.25) is 0 Å². The van der Waals surface area contributed by atoms with Crippen molar-refractivity contribution in [1.82, 2.24) is 0 Å². The minimum absolute atomic E-state index is 0.826. The van der Waals surface area contributed by atoms with Crippen molar-refractivity contribution in [1.29, 1.82) is 0 Å². The van der Waals surface area contributed by atoms with Gasteiger partial charge in [-0.05, 0) is 0 Å². The van der Waals surface area contributed by atoms with Gasteiger partial charge in [-0.2, -0.15) is 16.4 Å². The Morgan fingerprint density at radius 1 is 1.25 bits per heavy atom. The van der Waals surface area contributed by atoms with Gasteiger partial charge >= 0.3 is 37.9 Å². The van der Waals surface area contributed by atoms with Crippen molar-refractivity contribution >= 4 is 25.2 Å². The topological polar surface area (TPSA) is 0 Å². The summed E-state index contributed by atoms with van der Waals surface area (Å²) < 4.78 is 0. The van der Waals surface area contributed by atoms with Crippen molar-refractivity contribution in [2.45, 2.75) is 27.7 Å². The van der Waals surface area contributed by atoms with E-state index >= 15 is 0 Å². The van der Waals surface area contributed by atoms with Crippen LogP contribution in [-0.4, -0.2) is 0 Å². The molecule has 1 rings (SSSR count). The SMILES string of the molecule is Cc1p[c-](C)c(C)c1C.[Cl][Zr][Cl]. The van der Waals surface area contributed by atoms with E-state index in [4.69, 9.17) is 17.0 Å². The molecule has 0 aliphatic carbocycles. The molecule has 0 saturated heterocycles. The fraction of sp³-hybridized carbons (Fsp3) is 0.500. The molecule has 0 bridgehead atoms. The van der Waals surface area contributed by atoms with Gasteiger partial charge in [-0.1, -0.05) is 27.7 Å². The van der Waals surface area contributed by atoms with Crippen LogP contribution >= 0.6 is 25.2 Å². The summed E-state index contributed by atoms with van der Waals surface area (Å²) in [5.41, 5.74) is 2.99. The standard InChI is InChI=1S/C8H12P.2ClH.Zr/c1-5-6(2)8(4)9-7(5)3;;;/h1-4H3;2*1H;/q-1;;;+2/p-2. The van der Waals surface area contributed by atoms with Crippen LogP contribution in [0.1, 0.15) is 21.7 Å². The molecule has 4 heteroatoms. The van der Waals surface area contributed by atoms with Crippen LogP contribution in [0.5, 0.6) is 0 Å². The van der Waals surface area contributed by atoms with E-state index in [0.717, 1.165) is 0 Å². The molecule has 12 heavy (non-hydrogen) atoms. The predicted molar refractivity (Wildman–Crippen MR) is 55.2 cm³/mol. The number of hydrogen-bond acceptors (Lipinski definition) is 0. The summed E-state index contributed by atoms with van der Waals surface area (Å²) in [4.78, 5) is 0. The molecule has 0 saturated carbocycles. The number of halogens is 2. The van der Waals surface area contributed by atoms with Crippen LogP contribution < -0.4 is 0 Å². The summed E-state index contributed by atoms with van der Waals surface area (Å²) >= 11 is -0.826. The van der Waals surface area contributed by atoms with Crippen molar-refractivity contribution in [3.8, 4) is 0 Å². The first-order valence-corrected chi connectivity index (χ1v) is 10.8. The zero-order valence-corrected chi connectivity index (χ0v) is 12.6. The van der Waals surface area contributed by atoms with Gasteiger partial charge in [0.05, 0.1) is 0 Å². The summed E-state index contributed by atoms with van der Waals surface area (Å²) in [5.74, 6) is 0. The molecule has 68 valence electrons. The third-order valence-electron chi connectivity index (χ3n) is 1.98. The normalized spacial score (nSPS) is 9.50. The Balaban J connectivity index is 0.000000354. The fourth-order valence-corrected chi connectivity index (χ4v) is 2.14. The van der Waals surface area contributed by atoms with Crippen molar-refractivity contribution < 1.29 is 20.8 Å². The first-order chi connectivity index (χ1) is 5.54. The quantitative estimate of drug-likeness (QED) is 0.615. The molecule has 0 unspecified atom stereocenters. The van der Waals surface area contributed by atoms with Crippen LogP contribution in [-0.2, 0) is 20.8 Å². The van der Waals surface area contributed by atoms with Crippen LogP contribution in [0.4, 0.5) is 0 Å². The second-order valence-corrected chi connectivity index (χ2v) is 7.90. The molecule has 0 spiro atoms. The number of aryl methyl sites for hydroxylation is 2. The Bertz CT molecular complexity index is 223. The molecule has 0 radical (unpaired) electrons. The van der Waals surface area contributed by atoms with Crippen molar-refractivity contribution in [3.63, 3.8) is 0 Å². The van der Waals surface area contributed by atoms with E-state index < -0.39 is 20.8 Å². The average Bonchev–Trinajstić information content (AvgIpc) is 2.20. The Hall–Kier alpha value is 1.24. The van der Waals surface area contributed by atoms with E-state index in [1.165, 1.54) is 29.9 Å². The van der Waals surface area contributed by atoms with Crippen LogP contribution in [0, 0.1) is 27.7 Å². The van der Waals surface area contributed by atoms with E-state index in [0.29, 0.717) is 0 Å². The van der Waals surface area contributed by atoms with E-state index in [9.17, 15) is 0 Å². The fourth-order valence-electron chi connectivity index (χ4n) is 0.962. The van der Waals surface area contributed by atoms with E-state index in [2.05, 4.69) is 27.7 Å². The van der Waals surface area contributed by atoms with Gasteiger partial charge in [0.2, 0.25) is 0 Å². The zero-order chi connectivity index (χ0) is 9.72. The monoisotopic (exact) mass is 299 g/mol. The molecular weight excluding hydrogens is 289 g/mol. The summed E-state index contributed by atoms with van der Waals surface area (Å²) in [6.45, 7) is 8.82. The van der Waals surface area contributed by atoms with Gasteiger partial charge in [0, 0.05) is 0 Å². The van der Waals surface area contributed by atoms with Crippen molar-refractivity contribution in [2.75, 3.05) is 0 Å². The van der Waals surface area contributed by atoms with Gasteiger partial charge in [-0.15, -0.1) is 5.30 Å². The molecule has 0 aliphatic heterocycles. The molecule has 1 aromatic rings. The number of rotatable bonds is 0. The summed E-state index contributed by atoms with van der Waals surface area (Å²) in [6, 6.07) is 0. The van der Waals surface area contributed by atoms with E-state index in [1.54, 1.807) is 0 Å². The third kappa shape index (κ3) is 3.97. The molecule has 1 heterocycles. The molecule has 0 nitrogen and oxygen atoms in total. The molecular formula is C8H12Cl2PZr-. The Kier molecular flexibility index (Phi) is 7.35.